The van der Waals surface area contributed by atoms with Crippen LogP contribution in [0.4, 0.5) is 5.82 Å². The summed E-state index contributed by atoms with van der Waals surface area (Å²) in [6.45, 7) is 4.11. The molecule has 1 fully saturated rings. The minimum absolute atomic E-state index is 0.0736. The quantitative estimate of drug-likeness (QED) is 0.876. The monoisotopic (exact) mass is 258 g/mol. The maximum atomic E-state index is 5.69. The highest BCUT2D eigenvalue weighted by atomic mass is 16.5. The molecule has 3 rings (SSSR count). The fraction of sp³-hybridized carbons (Fsp3) is 0.429. The lowest BCUT2D eigenvalue weighted by molar-refractivity contribution is 0.0280. The van der Waals surface area contributed by atoms with Crippen LogP contribution in [-0.2, 0) is 4.74 Å². The van der Waals surface area contributed by atoms with Gasteiger partial charge in [-0.15, -0.1) is 0 Å². The number of nitrogens with two attached hydrogens (primary N) is 1. The van der Waals surface area contributed by atoms with Gasteiger partial charge in [0.1, 0.15) is 5.82 Å². The van der Waals surface area contributed by atoms with Gasteiger partial charge in [-0.25, -0.2) is 4.98 Å². The van der Waals surface area contributed by atoms with Crippen molar-refractivity contribution in [2.45, 2.75) is 19.1 Å². The van der Waals surface area contributed by atoms with Gasteiger partial charge in [0.25, 0.3) is 0 Å². The molecule has 19 heavy (non-hydrogen) atoms. The summed E-state index contributed by atoms with van der Waals surface area (Å²) in [5.74, 6) is 0.896. The maximum Gasteiger partial charge on any atom is 0.148 e. The zero-order valence-corrected chi connectivity index (χ0v) is 11.0. The van der Waals surface area contributed by atoms with E-state index in [2.05, 4.69) is 21.8 Å². The predicted molar refractivity (Wildman–Crippen MR) is 75.1 cm³/mol. The highest BCUT2D eigenvalue weighted by molar-refractivity contribution is 5.75. The number of morpholine rings is 1. The summed E-state index contributed by atoms with van der Waals surface area (Å²) < 4.78 is 5.66. The Labute approximate surface area is 112 Å². The smallest absolute Gasteiger partial charge is 0.148 e. The first-order valence-corrected chi connectivity index (χ1v) is 6.58. The van der Waals surface area contributed by atoms with Gasteiger partial charge in [-0.2, -0.15) is 0 Å². The molecular weight excluding hydrogens is 240 g/mol. The van der Waals surface area contributed by atoms with Gasteiger partial charge in [0.05, 0.1) is 36.0 Å². The fourth-order valence-electron chi connectivity index (χ4n) is 2.37. The SMILES string of the molecule is CC1COC(CN)CN1c1cnc2ccccc2n1. The van der Waals surface area contributed by atoms with Crippen molar-refractivity contribution in [3.05, 3.63) is 30.5 Å². The van der Waals surface area contributed by atoms with Crippen LogP contribution in [-0.4, -0.2) is 41.8 Å². The van der Waals surface area contributed by atoms with Gasteiger partial charge < -0.3 is 15.4 Å². The van der Waals surface area contributed by atoms with E-state index in [1.54, 1.807) is 0 Å². The zero-order valence-electron chi connectivity index (χ0n) is 11.0. The van der Waals surface area contributed by atoms with Crippen molar-refractivity contribution in [1.29, 1.82) is 0 Å². The van der Waals surface area contributed by atoms with Crippen molar-refractivity contribution in [3.63, 3.8) is 0 Å². The van der Waals surface area contributed by atoms with Crippen LogP contribution in [0.25, 0.3) is 11.0 Å². The van der Waals surface area contributed by atoms with Crippen LogP contribution < -0.4 is 10.6 Å². The summed E-state index contributed by atoms with van der Waals surface area (Å²) in [7, 11) is 0. The summed E-state index contributed by atoms with van der Waals surface area (Å²) in [6.07, 6.45) is 1.90. The number of hydrogen-bond donors (Lipinski definition) is 1. The van der Waals surface area contributed by atoms with Gasteiger partial charge in [0, 0.05) is 13.1 Å². The van der Waals surface area contributed by atoms with Crippen molar-refractivity contribution < 1.29 is 4.74 Å². The predicted octanol–water partition coefficient (Wildman–Crippen LogP) is 1.18. The Hall–Kier alpha value is -1.72. The van der Waals surface area contributed by atoms with Crippen LogP contribution in [0.5, 0.6) is 0 Å². The van der Waals surface area contributed by atoms with Crippen molar-refractivity contribution in [3.8, 4) is 0 Å². The van der Waals surface area contributed by atoms with Crippen LogP contribution in [0.1, 0.15) is 6.92 Å². The van der Waals surface area contributed by atoms with E-state index >= 15 is 0 Å². The minimum atomic E-state index is 0.0736. The lowest BCUT2D eigenvalue weighted by atomic mass is 10.2. The Kier molecular flexibility index (Phi) is 3.31. The number of nitrogens with zero attached hydrogens (tertiary/aromatic N) is 3. The molecule has 0 radical (unpaired) electrons. The molecule has 2 heterocycles. The molecule has 0 aliphatic carbocycles. The topological polar surface area (TPSA) is 64.3 Å². The van der Waals surface area contributed by atoms with Gasteiger partial charge in [-0.3, -0.25) is 4.98 Å². The molecule has 1 aromatic heterocycles. The van der Waals surface area contributed by atoms with Crippen LogP contribution >= 0.6 is 0 Å². The molecular formula is C14H18N4O. The van der Waals surface area contributed by atoms with Crippen LogP contribution in [0, 0.1) is 0 Å². The molecule has 0 spiro atoms. The molecule has 1 saturated heterocycles. The molecule has 1 aromatic carbocycles. The number of aromatic nitrogens is 2. The largest absolute Gasteiger partial charge is 0.373 e. The number of fused-ring (bicyclic) bond motifs is 1. The van der Waals surface area contributed by atoms with E-state index in [1.807, 2.05) is 30.5 Å². The summed E-state index contributed by atoms with van der Waals surface area (Å²) in [5, 5.41) is 0. The third-order valence-corrected chi connectivity index (χ3v) is 3.50. The average molecular weight is 258 g/mol. The first-order valence-electron chi connectivity index (χ1n) is 6.58. The Morgan fingerprint density at radius 3 is 2.95 bits per heavy atom. The van der Waals surface area contributed by atoms with E-state index in [4.69, 9.17) is 10.5 Å². The first-order chi connectivity index (χ1) is 9.28. The normalized spacial score (nSPS) is 23.8. The zero-order chi connectivity index (χ0) is 13.2. The van der Waals surface area contributed by atoms with Crippen LogP contribution in [0.2, 0.25) is 0 Å². The molecule has 5 nitrogen and oxygen atoms in total. The van der Waals surface area contributed by atoms with E-state index in [9.17, 15) is 0 Å². The van der Waals surface area contributed by atoms with Crippen LogP contribution in [0.15, 0.2) is 30.5 Å². The average Bonchev–Trinajstić information content (AvgIpc) is 2.47. The second-order valence-corrected chi connectivity index (χ2v) is 4.91. The summed E-state index contributed by atoms with van der Waals surface area (Å²) in [6, 6.07) is 8.19. The van der Waals surface area contributed by atoms with Crippen LogP contribution in [0.3, 0.4) is 0 Å². The van der Waals surface area contributed by atoms with Gasteiger partial charge in [0.15, 0.2) is 0 Å². The molecule has 2 unspecified atom stereocenters. The minimum Gasteiger partial charge on any atom is -0.373 e. The van der Waals surface area contributed by atoms with Gasteiger partial charge in [-0.05, 0) is 19.1 Å². The van der Waals surface area contributed by atoms with E-state index < -0.39 is 0 Å². The number of para-hydroxylation sites is 2. The Bertz CT molecular complexity index is 574. The fourth-order valence-corrected chi connectivity index (χ4v) is 2.37. The van der Waals surface area contributed by atoms with Crippen molar-refractivity contribution in [2.75, 3.05) is 24.6 Å². The molecule has 1 aliphatic heterocycles. The maximum absolute atomic E-state index is 5.69. The summed E-state index contributed by atoms with van der Waals surface area (Å²) in [5.41, 5.74) is 7.53. The Balaban J connectivity index is 1.93. The lowest BCUT2D eigenvalue weighted by Gasteiger charge is -2.38. The van der Waals surface area contributed by atoms with E-state index in [-0.39, 0.29) is 6.10 Å². The number of anilines is 1. The van der Waals surface area contributed by atoms with Crippen molar-refractivity contribution in [1.82, 2.24) is 9.97 Å². The number of rotatable bonds is 2. The molecule has 2 atom stereocenters. The first kappa shape index (κ1) is 12.3. The van der Waals surface area contributed by atoms with Gasteiger partial charge >= 0.3 is 0 Å². The lowest BCUT2D eigenvalue weighted by Crippen LogP contribution is -2.51. The highest BCUT2D eigenvalue weighted by Gasteiger charge is 2.26. The molecule has 2 N–H and O–H groups in total. The standard InChI is InChI=1S/C14H18N4O/c1-10-9-19-11(6-15)8-18(10)14-7-16-12-4-2-3-5-13(12)17-14/h2-5,7,10-11H,6,8-9,15H2,1H3. The number of ether oxygens (including phenoxy) is 1. The van der Waals surface area contributed by atoms with Crippen molar-refractivity contribution >= 4 is 16.9 Å². The summed E-state index contributed by atoms with van der Waals surface area (Å²) in [4.78, 5) is 11.4. The third-order valence-electron chi connectivity index (χ3n) is 3.50. The Morgan fingerprint density at radius 1 is 1.37 bits per heavy atom. The molecule has 5 heteroatoms. The van der Waals surface area contributed by atoms with E-state index in [0.29, 0.717) is 19.2 Å². The molecule has 0 saturated carbocycles. The second kappa shape index (κ2) is 5.11. The van der Waals surface area contributed by atoms with Gasteiger partial charge in [0.2, 0.25) is 0 Å². The molecule has 0 bridgehead atoms. The highest BCUT2D eigenvalue weighted by Crippen LogP contribution is 2.21. The Morgan fingerprint density at radius 2 is 2.16 bits per heavy atom. The third kappa shape index (κ3) is 2.39. The van der Waals surface area contributed by atoms with E-state index in [0.717, 1.165) is 23.4 Å². The molecule has 0 amide bonds. The number of benzene rings is 1. The van der Waals surface area contributed by atoms with Crippen molar-refractivity contribution in [2.24, 2.45) is 5.73 Å². The summed E-state index contributed by atoms with van der Waals surface area (Å²) >= 11 is 0. The van der Waals surface area contributed by atoms with E-state index in [1.165, 1.54) is 0 Å². The molecule has 2 aromatic rings. The molecule has 1 aliphatic rings. The van der Waals surface area contributed by atoms with Gasteiger partial charge in [-0.1, -0.05) is 12.1 Å². The second-order valence-electron chi connectivity index (χ2n) is 4.91. The molecule has 100 valence electrons. The number of hydrogen-bond acceptors (Lipinski definition) is 5.